The Kier molecular flexibility index (Phi) is 5.61. The second kappa shape index (κ2) is 6.53. The van der Waals surface area contributed by atoms with Gasteiger partial charge in [0.2, 0.25) is 0 Å². The lowest BCUT2D eigenvalue weighted by molar-refractivity contribution is 0.0701. The summed E-state index contributed by atoms with van der Waals surface area (Å²) in [4.78, 5) is 15.1. The fourth-order valence-corrected chi connectivity index (χ4v) is 5.23. The average Bonchev–Trinajstić information content (AvgIpc) is 2.59. The molecule has 0 aliphatic carbocycles. The molecule has 0 amide bonds. The minimum Gasteiger partial charge on any atom is -0.477 e. The number of hydrogen-bond acceptors (Lipinski definition) is 6. The highest BCUT2D eigenvalue weighted by Gasteiger charge is 2.15. The summed E-state index contributed by atoms with van der Waals surface area (Å²) >= 11 is 2.38. The number of aromatic carboxylic acids is 1. The Morgan fingerprint density at radius 1 is 1.44 bits per heavy atom. The molecule has 0 saturated carbocycles. The van der Waals surface area contributed by atoms with E-state index in [0.29, 0.717) is 22.2 Å². The molecule has 18 heavy (non-hydrogen) atoms. The highest BCUT2D eigenvalue weighted by atomic mass is 32.2. The zero-order valence-corrected chi connectivity index (χ0v) is 12.6. The largest absolute Gasteiger partial charge is 0.477 e. The van der Waals surface area contributed by atoms with E-state index < -0.39 is 15.8 Å². The van der Waals surface area contributed by atoms with Gasteiger partial charge in [-0.1, -0.05) is 18.7 Å². The van der Waals surface area contributed by atoms with Crippen molar-refractivity contribution in [2.24, 2.45) is 0 Å². The van der Waals surface area contributed by atoms with Crippen LogP contribution in [0.4, 0.5) is 0 Å². The van der Waals surface area contributed by atoms with Gasteiger partial charge in [-0.05, 0) is 13.3 Å². The van der Waals surface area contributed by atoms with E-state index in [-0.39, 0.29) is 16.4 Å². The maximum atomic E-state index is 11.5. The number of nitrogens with zero attached hydrogens (tertiary/aromatic N) is 1. The number of carboxylic acid groups (broad SMARTS) is 1. The van der Waals surface area contributed by atoms with Crippen LogP contribution in [-0.2, 0) is 9.84 Å². The van der Waals surface area contributed by atoms with Crippen molar-refractivity contribution in [3.05, 3.63) is 10.6 Å². The molecular formula is C10H15NO4S3. The molecule has 1 N–H and O–H groups in total. The van der Waals surface area contributed by atoms with Crippen molar-refractivity contribution in [1.82, 2.24) is 4.98 Å². The number of aromatic nitrogens is 1. The van der Waals surface area contributed by atoms with Gasteiger partial charge in [-0.15, -0.1) is 11.3 Å². The summed E-state index contributed by atoms with van der Waals surface area (Å²) in [7, 11) is -2.98. The number of thioether (sulfide) groups is 1. The summed E-state index contributed by atoms with van der Waals surface area (Å²) < 4.78 is 23.6. The zero-order valence-electron chi connectivity index (χ0n) is 10.2. The third-order valence-electron chi connectivity index (χ3n) is 2.11. The molecule has 1 aromatic heterocycles. The summed E-state index contributed by atoms with van der Waals surface area (Å²) in [6.07, 6.45) is 0.618. The third-order valence-corrected chi connectivity index (χ3v) is 6.51. The molecule has 0 aromatic carbocycles. The van der Waals surface area contributed by atoms with Crippen LogP contribution < -0.4 is 0 Å². The molecule has 0 unspecified atom stereocenters. The van der Waals surface area contributed by atoms with Crippen molar-refractivity contribution >= 4 is 38.9 Å². The van der Waals surface area contributed by atoms with Crippen LogP contribution in [0.5, 0.6) is 0 Å². The molecule has 0 fully saturated rings. The van der Waals surface area contributed by atoms with Crippen LogP contribution in [0, 0.1) is 6.92 Å². The molecule has 0 saturated heterocycles. The average molecular weight is 309 g/mol. The van der Waals surface area contributed by atoms with Gasteiger partial charge in [-0.2, -0.15) is 0 Å². The molecule has 1 heterocycles. The number of hydrogen-bond donors (Lipinski definition) is 1. The quantitative estimate of drug-likeness (QED) is 0.776. The van der Waals surface area contributed by atoms with Crippen LogP contribution >= 0.6 is 23.1 Å². The number of rotatable bonds is 7. The van der Waals surface area contributed by atoms with Crippen LogP contribution in [0.1, 0.15) is 28.7 Å². The van der Waals surface area contributed by atoms with Crippen molar-refractivity contribution in [1.29, 1.82) is 0 Å². The van der Waals surface area contributed by atoms with Gasteiger partial charge in [0.05, 0.1) is 11.4 Å². The number of carboxylic acids is 1. The van der Waals surface area contributed by atoms with Gasteiger partial charge >= 0.3 is 5.97 Å². The lowest BCUT2D eigenvalue weighted by Crippen LogP contribution is -2.12. The van der Waals surface area contributed by atoms with Gasteiger partial charge in [-0.3, -0.25) is 0 Å². The van der Waals surface area contributed by atoms with Gasteiger partial charge in [0.1, 0.15) is 4.88 Å². The molecule has 0 aliphatic rings. The SMILES string of the molecule is CCCS(=O)(=O)CCSc1nc(C)c(C(=O)O)s1. The maximum absolute atomic E-state index is 11.5. The van der Waals surface area contributed by atoms with E-state index in [4.69, 9.17) is 5.11 Å². The third kappa shape index (κ3) is 4.58. The van der Waals surface area contributed by atoms with E-state index in [1.54, 1.807) is 6.92 Å². The van der Waals surface area contributed by atoms with Gasteiger partial charge in [0.25, 0.3) is 0 Å². The summed E-state index contributed by atoms with van der Waals surface area (Å²) in [6, 6.07) is 0. The van der Waals surface area contributed by atoms with E-state index >= 15 is 0 Å². The Morgan fingerprint density at radius 3 is 2.61 bits per heavy atom. The molecular weight excluding hydrogens is 294 g/mol. The van der Waals surface area contributed by atoms with Crippen LogP contribution in [0.2, 0.25) is 0 Å². The predicted molar refractivity (Wildman–Crippen MR) is 73.5 cm³/mol. The Morgan fingerprint density at radius 2 is 2.11 bits per heavy atom. The van der Waals surface area contributed by atoms with Crippen LogP contribution in [-0.4, -0.2) is 41.7 Å². The summed E-state index contributed by atoms with van der Waals surface area (Å²) in [6.45, 7) is 3.46. The Balaban J connectivity index is 2.55. The van der Waals surface area contributed by atoms with Gasteiger partial charge in [0, 0.05) is 11.5 Å². The first-order valence-corrected chi connectivity index (χ1v) is 9.02. The van der Waals surface area contributed by atoms with Crippen molar-refractivity contribution in [3.63, 3.8) is 0 Å². The van der Waals surface area contributed by atoms with Crippen LogP contribution in [0.25, 0.3) is 0 Å². The standard InChI is InChI=1S/C10H15NO4S3/c1-3-5-18(14,15)6-4-16-10-11-7(2)8(17-10)9(12)13/h3-6H2,1-2H3,(H,12,13). The minimum absolute atomic E-state index is 0.104. The fourth-order valence-electron chi connectivity index (χ4n) is 1.30. The Hall–Kier alpha value is -0.600. The molecule has 102 valence electrons. The first-order chi connectivity index (χ1) is 8.35. The van der Waals surface area contributed by atoms with E-state index in [1.807, 2.05) is 6.92 Å². The monoisotopic (exact) mass is 309 g/mol. The number of aryl methyl sites for hydroxylation is 1. The van der Waals surface area contributed by atoms with E-state index in [0.717, 1.165) is 11.3 Å². The van der Waals surface area contributed by atoms with Crippen LogP contribution in [0.3, 0.4) is 0 Å². The molecule has 8 heteroatoms. The highest BCUT2D eigenvalue weighted by Crippen LogP contribution is 2.27. The van der Waals surface area contributed by atoms with Crippen molar-refractivity contribution in [2.45, 2.75) is 24.6 Å². The molecule has 0 aliphatic heterocycles. The topological polar surface area (TPSA) is 84.3 Å². The smallest absolute Gasteiger partial charge is 0.347 e. The van der Waals surface area contributed by atoms with Gasteiger partial charge in [0.15, 0.2) is 14.2 Å². The highest BCUT2D eigenvalue weighted by molar-refractivity contribution is 8.02. The van der Waals surface area contributed by atoms with Crippen molar-refractivity contribution < 1.29 is 18.3 Å². The van der Waals surface area contributed by atoms with Gasteiger partial charge in [-0.25, -0.2) is 18.2 Å². The van der Waals surface area contributed by atoms with Crippen molar-refractivity contribution in [2.75, 3.05) is 17.3 Å². The fraction of sp³-hybridized carbons (Fsp3) is 0.600. The molecule has 0 bridgehead atoms. The van der Waals surface area contributed by atoms with E-state index in [2.05, 4.69) is 4.98 Å². The normalized spacial score (nSPS) is 11.7. The summed E-state index contributed by atoms with van der Waals surface area (Å²) in [5, 5.41) is 8.87. The minimum atomic E-state index is -2.98. The number of thiazole rings is 1. The first-order valence-electron chi connectivity index (χ1n) is 5.39. The molecule has 5 nitrogen and oxygen atoms in total. The second-order valence-electron chi connectivity index (χ2n) is 3.70. The molecule has 0 spiro atoms. The molecule has 0 atom stereocenters. The van der Waals surface area contributed by atoms with E-state index in [1.165, 1.54) is 11.8 Å². The maximum Gasteiger partial charge on any atom is 0.347 e. The Bertz CT molecular complexity index is 521. The molecule has 0 radical (unpaired) electrons. The first kappa shape index (κ1) is 15.5. The predicted octanol–water partition coefficient (Wildman–Crippen LogP) is 2.07. The molecule has 1 aromatic rings. The van der Waals surface area contributed by atoms with Crippen LogP contribution in [0.15, 0.2) is 4.34 Å². The number of sulfone groups is 1. The van der Waals surface area contributed by atoms with Gasteiger partial charge < -0.3 is 5.11 Å². The van der Waals surface area contributed by atoms with E-state index in [9.17, 15) is 13.2 Å². The lowest BCUT2D eigenvalue weighted by atomic mass is 10.4. The molecule has 1 rings (SSSR count). The summed E-state index contributed by atoms with van der Waals surface area (Å²) in [5.41, 5.74) is 0.478. The number of carbonyl (C=O) groups is 1. The lowest BCUT2D eigenvalue weighted by Gasteiger charge is -2.00. The summed E-state index contributed by atoms with van der Waals surface area (Å²) in [5.74, 6) is -0.276. The van der Waals surface area contributed by atoms with Crippen molar-refractivity contribution in [3.8, 4) is 0 Å². The second-order valence-corrected chi connectivity index (χ2v) is 8.34. The zero-order chi connectivity index (χ0) is 13.8. The Labute approximate surface area is 115 Å².